The van der Waals surface area contributed by atoms with Crippen LogP contribution in [0.1, 0.15) is 41.0 Å². The minimum Gasteiger partial charge on any atom is -0.295 e. The number of hydrogen-bond donors (Lipinski definition) is 0. The van der Waals surface area contributed by atoms with Gasteiger partial charge in [0.2, 0.25) is 0 Å². The van der Waals surface area contributed by atoms with Crippen LogP contribution >= 0.6 is 0 Å². The Labute approximate surface area is 102 Å². The van der Waals surface area contributed by atoms with Crippen molar-refractivity contribution in [2.24, 2.45) is 5.41 Å². The van der Waals surface area contributed by atoms with Crippen molar-refractivity contribution in [3.63, 3.8) is 0 Å². The lowest BCUT2D eigenvalue weighted by Gasteiger charge is -2.23. The molecule has 2 heteroatoms. The highest BCUT2D eigenvalue weighted by Gasteiger charge is 2.24. The summed E-state index contributed by atoms with van der Waals surface area (Å²) in [4.78, 5) is 12.2. The molecule has 0 saturated carbocycles. The third-order valence-corrected chi connectivity index (χ3v) is 3.75. The molecule has 0 atom stereocenters. The molecule has 0 aromatic rings. The zero-order valence-electron chi connectivity index (χ0n) is 12.3. The molecule has 0 saturated heterocycles. The second kappa shape index (κ2) is 5.31. The molecular weight excluding hydrogens is 212 g/mol. The van der Waals surface area contributed by atoms with Crippen molar-refractivity contribution < 1.29 is 4.79 Å². The lowest BCUT2D eigenvalue weighted by molar-refractivity contribution is -0.117. The summed E-state index contributed by atoms with van der Waals surface area (Å²) in [5.41, 5.74) is 2.39. The zero-order chi connectivity index (χ0) is 13.1. The molecule has 0 radical (unpaired) electrons. The summed E-state index contributed by atoms with van der Waals surface area (Å²) >= 11 is 0. The predicted octanol–water partition coefficient (Wildman–Crippen LogP) is 4.67. The van der Waals surface area contributed by atoms with E-state index in [4.69, 9.17) is 0 Å². The van der Waals surface area contributed by atoms with Crippen LogP contribution in [-0.4, -0.2) is 13.9 Å². The van der Waals surface area contributed by atoms with Crippen molar-refractivity contribution >= 4 is 13.9 Å². The Bertz CT molecular complexity index is 283. The Morgan fingerprint density at radius 3 is 1.75 bits per heavy atom. The van der Waals surface area contributed by atoms with Crippen LogP contribution in [0.4, 0.5) is 0 Å². The Morgan fingerprint density at radius 2 is 1.50 bits per heavy atom. The summed E-state index contributed by atoms with van der Waals surface area (Å²) in [7, 11) is -1.20. The van der Waals surface area contributed by atoms with Crippen molar-refractivity contribution in [1.82, 2.24) is 0 Å². The molecule has 94 valence electrons. The van der Waals surface area contributed by atoms with Gasteiger partial charge in [-0.25, -0.2) is 0 Å². The highest BCUT2D eigenvalue weighted by Crippen LogP contribution is 2.26. The topological polar surface area (TPSA) is 17.1 Å². The summed E-state index contributed by atoms with van der Waals surface area (Å²) < 4.78 is 0. The largest absolute Gasteiger partial charge is 0.295 e. The van der Waals surface area contributed by atoms with Crippen molar-refractivity contribution in [2.45, 2.75) is 66.7 Å². The third kappa shape index (κ3) is 6.99. The first-order valence-corrected chi connectivity index (χ1v) is 9.83. The molecule has 1 nitrogen and oxygen atoms in total. The zero-order valence-corrected chi connectivity index (χ0v) is 13.3. The second-order valence-electron chi connectivity index (χ2n) is 7.38. The van der Waals surface area contributed by atoms with Gasteiger partial charge in [0.15, 0.2) is 5.78 Å². The van der Waals surface area contributed by atoms with E-state index in [9.17, 15) is 4.79 Å². The van der Waals surface area contributed by atoms with E-state index in [-0.39, 0.29) is 5.41 Å². The first-order valence-electron chi connectivity index (χ1n) is 6.12. The van der Waals surface area contributed by atoms with Gasteiger partial charge in [-0.2, -0.15) is 0 Å². The van der Waals surface area contributed by atoms with Gasteiger partial charge >= 0.3 is 0 Å². The summed E-state index contributed by atoms with van der Waals surface area (Å²) in [6.45, 7) is 17.5. The Hall–Kier alpha value is -0.373. The quantitative estimate of drug-likeness (QED) is 0.516. The van der Waals surface area contributed by atoms with E-state index in [2.05, 4.69) is 54.3 Å². The van der Waals surface area contributed by atoms with Crippen LogP contribution in [0.5, 0.6) is 0 Å². The normalized spacial score (nSPS) is 12.5. The van der Waals surface area contributed by atoms with Gasteiger partial charge in [-0.05, 0) is 30.9 Å². The van der Waals surface area contributed by atoms with Gasteiger partial charge in [0.25, 0.3) is 0 Å². The molecule has 0 aliphatic carbocycles. The molecule has 0 unspecified atom stereocenters. The van der Waals surface area contributed by atoms with Crippen LogP contribution in [0.3, 0.4) is 0 Å². The van der Waals surface area contributed by atoms with Crippen molar-refractivity contribution in [2.75, 3.05) is 0 Å². The van der Waals surface area contributed by atoms with Gasteiger partial charge in [-0.15, -0.1) is 0 Å². The standard InChI is InChI=1S/C14H28OSi/c1-11(2)12(10-16(6,7)8)13(15)9-14(3,4)5/h9-10H2,1-8H3. The number of carbonyl (C=O) groups excluding carboxylic acids is 1. The molecule has 0 spiro atoms. The van der Waals surface area contributed by atoms with E-state index in [0.717, 1.165) is 11.6 Å². The molecule has 0 amide bonds. The maximum absolute atomic E-state index is 12.2. The molecule has 0 rings (SSSR count). The average molecular weight is 240 g/mol. The summed E-state index contributed by atoms with van der Waals surface area (Å²) in [5, 5.41) is 0. The van der Waals surface area contributed by atoms with E-state index >= 15 is 0 Å². The van der Waals surface area contributed by atoms with Crippen LogP contribution in [-0.2, 0) is 4.79 Å². The van der Waals surface area contributed by atoms with E-state index in [0.29, 0.717) is 12.2 Å². The van der Waals surface area contributed by atoms with Gasteiger partial charge in [0.05, 0.1) is 0 Å². The van der Waals surface area contributed by atoms with E-state index in [1.807, 2.05) is 0 Å². The SMILES string of the molecule is CC(C)=C(C[Si](C)(C)C)C(=O)CC(C)(C)C. The summed E-state index contributed by atoms with van der Waals surface area (Å²) in [6, 6.07) is 1.02. The third-order valence-electron chi connectivity index (χ3n) is 2.34. The fourth-order valence-electron chi connectivity index (χ4n) is 1.67. The summed E-state index contributed by atoms with van der Waals surface area (Å²) in [6.07, 6.45) is 0.665. The minimum absolute atomic E-state index is 0.0945. The van der Waals surface area contributed by atoms with Crippen LogP contribution in [0.25, 0.3) is 0 Å². The molecule has 0 aliphatic rings. The van der Waals surface area contributed by atoms with Crippen LogP contribution < -0.4 is 0 Å². The molecule has 16 heavy (non-hydrogen) atoms. The predicted molar refractivity (Wildman–Crippen MR) is 75.6 cm³/mol. The maximum atomic E-state index is 12.2. The Morgan fingerprint density at radius 1 is 1.06 bits per heavy atom. The highest BCUT2D eigenvalue weighted by atomic mass is 28.3. The molecule has 0 bridgehead atoms. The van der Waals surface area contributed by atoms with Gasteiger partial charge < -0.3 is 0 Å². The molecule has 0 N–H and O–H groups in total. The first-order chi connectivity index (χ1) is 6.92. The Kier molecular flexibility index (Phi) is 5.18. The van der Waals surface area contributed by atoms with Crippen molar-refractivity contribution in [3.8, 4) is 0 Å². The van der Waals surface area contributed by atoms with E-state index in [1.54, 1.807) is 0 Å². The molecule has 0 aliphatic heterocycles. The summed E-state index contributed by atoms with van der Waals surface area (Å²) in [5.74, 6) is 0.356. The fraction of sp³-hybridized carbons (Fsp3) is 0.786. The fourth-order valence-corrected chi connectivity index (χ4v) is 3.28. The molecule has 0 fully saturated rings. The van der Waals surface area contributed by atoms with Crippen LogP contribution in [0.15, 0.2) is 11.1 Å². The van der Waals surface area contributed by atoms with Crippen molar-refractivity contribution in [3.05, 3.63) is 11.1 Å². The number of Topliss-reactive ketones (excluding diaryl/α,β-unsaturated/α-hetero) is 1. The van der Waals surface area contributed by atoms with Gasteiger partial charge in [0.1, 0.15) is 0 Å². The number of allylic oxidation sites excluding steroid dienone is 2. The second-order valence-corrected chi connectivity index (χ2v) is 12.9. The Balaban J connectivity index is 4.85. The van der Waals surface area contributed by atoms with Gasteiger partial charge in [-0.1, -0.05) is 46.0 Å². The highest BCUT2D eigenvalue weighted by molar-refractivity contribution is 6.77. The van der Waals surface area contributed by atoms with Gasteiger partial charge in [-0.3, -0.25) is 4.79 Å². The molecule has 0 aromatic heterocycles. The molecule has 0 aromatic carbocycles. The smallest absolute Gasteiger partial charge is 0.159 e. The average Bonchev–Trinajstić information content (AvgIpc) is 1.94. The van der Waals surface area contributed by atoms with Crippen LogP contribution in [0.2, 0.25) is 25.7 Å². The van der Waals surface area contributed by atoms with E-state index in [1.165, 1.54) is 5.57 Å². The monoisotopic (exact) mass is 240 g/mol. The molecular formula is C14H28OSi. The first kappa shape index (κ1) is 15.6. The lowest BCUT2D eigenvalue weighted by Crippen LogP contribution is -2.25. The lowest BCUT2D eigenvalue weighted by atomic mass is 9.87. The molecule has 0 heterocycles. The van der Waals surface area contributed by atoms with E-state index < -0.39 is 8.07 Å². The van der Waals surface area contributed by atoms with Gasteiger partial charge in [0, 0.05) is 14.5 Å². The number of rotatable bonds is 4. The minimum atomic E-state index is -1.20. The number of carbonyl (C=O) groups is 1. The maximum Gasteiger partial charge on any atom is 0.159 e. The number of ketones is 1. The number of hydrogen-bond acceptors (Lipinski definition) is 1. The van der Waals surface area contributed by atoms with Crippen molar-refractivity contribution in [1.29, 1.82) is 0 Å². The van der Waals surface area contributed by atoms with Crippen LogP contribution in [0, 0.1) is 5.41 Å².